The molecule has 1 saturated heterocycles. The van der Waals surface area contributed by atoms with Crippen LogP contribution < -0.4 is 4.90 Å². The predicted molar refractivity (Wildman–Crippen MR) is 87.3 cm³/mol. The van der Waals surface area contributed by atoms with Crippen LogP contribution in [0.1, 0.15) is 12.1 Å². The Morgan fingerprint density at radius 1 is 1.30 bits per heavy atom. The number of thiazole rings is 1. The molecule has 0 bridgehead atoms. The molecule has 1 aromatic heterocycles. The summed E-state index contributed by atoms with van der Waals surface area (Å²) in [6, 6.07) is 3.77. The van der Waals surface area contributed by atoms with E-state index in [0.29, 0.717) is 12.2 Å². The second kappa shape index (κ2) is 7.01. The highest BCUT2D eigenvalue weighted by Gasteiger charge is 2.23. The lowest BCUT2D eigenvalue weighted by atomic mass is 10.2. The molecule has 2 aromatic rings. The lowest BCUT2D eigenvalue weighted by molar-refractivity contribution is -0.384. The van der Waals surface area contributed by atoms with E-state index in [1.165, 1.54) is 12.1 Å². The Hall–Kier alpha value is -2.06. The van der Waals surface area contributed by atoms with Gasteiger partial charge in [-0.1, -0.05) is 0 Å². The molecule has 1 aliphatic rings. The number of anilines is 1. The zero-order valence-electron chi connectivity index (χ0n) is 12.5. The van der Waals surface area contributed by atoms with Crippen LogP contribution in [0.3, 0.4) is 0 Å². The number of nitrogens with zero attached hydrogens (tertiary/aromatic N) is 4. The smallest absolute Gasteiger partial charge is 0.295 e. The first kappa shape index (κ1) is 15.8. The van der Waals surface area contributed by atoms with Gasteiger partial charge in [-0.25, -0.2) is 9.37 Å². The number of hydrogen-bond donors (Lipinski definition) is 0. The van der Waals surface area contributed by atoms with E-state index in [1.807, 2.05) is 15.8 Å². The predicted octanol–water partition coefficient (Wildman–Crippen LogP) is 2.90. The lowest BCUT2D eigenvalue weighted by Gasteiger charge is -2.23. The number of rotatable bonds is 4. The van der Waals surface area contributed by atoms with Gasteiger partial charge in [0.25, 0.3) is 5.69 Å². The van der Waals surface area contributed by atoms with Crippen molar-refractivity contribution in [3.05, 3.63) is 50.7 Å². The summed E-state index contributed by atoms with van der Waals surface area (Å²) in [4.78, 5) is 19.2. The fourth-order valence-corrected chi connectivity index (χ4v) is 3.37. The number of nitro benzene ring substituents is 1. The Morgan fingerprint density at radius 2 is 2.17 bits per heavy atom. The highest BCUT2D eigenvalue weighted by Crippen LogP contribution is 2.29. The van der Waals surface area contributed by atoms with Crippen LogP contribution in [0, 0.1) is 15.9 Å². The van der Waals surface area contributed by atoms with Gasteiger partial charge < -0.3 is 4.90 Å². The van der Waals surface area contributed by atoms with Crippen molar-refractivity contribution in [2.45, 2.75) is 13.0 Å². The van der Waals surface area contributed by atoms with E-state index < -0.39 is 10.7 Å². The van der Waals surface area contributed by atoms with Crippen molar-refractivity contribution in [1.29, 1.82) is 0 Å². The third-order valence-electron chi connectivity index (χ3n) is 3.93. The van der Waals surface area contributed by atoms with E-state index in [2.05, 4.69) is 9.88 Å². The Bertz CT molecular complexity index is 680. The molecule has 2 heterocycles. The van der Waals surface area contributed by atoms with E-state index >= 15 is 0 Å². The monoisotopic (exact) mass is 336 g/mol. The molecule has 122 valence electrons. The summed E-state index contributed by atoms with van der Waals surface area (Å²) >= 11 is 1.58. The van der Waals surface area contributed by atoms with Crippen LogP contribution in [0.4, 0.5) is 15.8 Å². The highest BCUT2D eigenvalue weighted by atomic mass is 32.1. The first-order valence-electron chi connectivity index (χ1n) is 7.42. The SMILES string of the molecule is O=[N+]([O-])c1cc(F)ccc1N1CCCN(Cc2cscn2)CC1. The molecule has 0 saturated carbocycles. The maximum atomic E-state index is 13.3. The molecule has 23 heavy (non-hydrogen) atoms. The first-order chi connectivity index (χ1) is 11.1. The second-order valence-corrected chi connectivity index (χ2v) is 6.21. The summed E-state index contributed by atoms with van der Waals surface area (Å²) in [5, 5.41) is 13.2. The molecule has 8 heteroatoms. The van der Waals surface area contributed by atoms with Crippen molar-refractivity contribution >= 4 is 22.7 Å². The van der Waals surface area contributed by atoms with Gasteiger partial charge in [-0.15, -0.1) is 11.3 Å². The summed E-state index contributed by atoms with van der Waals surface area (Å²) in [6.45, 7) is 3.91. The maximum Gasteiger partial charge on any atom is 0.295 e. The fraction of sp³-hybridized carbons (Fsp3) is 0.400. The van der Waals surface area contributed by atoms with E-state index in [-0.39, 0.29) is 5.69 Å². The Labute approximate surface area is 137 Å². The van der Waals surface area contributed by atoms with Crippen molar-refractivity contribution in [1.82, 2.24) is 9.88 Å². The fourth-order valence-electron chi connectivity index (χ4n) is 2.82. The van der Waals surface area contributed by atoms with Gasteiger partial charge in [0, 0.05) is 38.1 Å². The molecular weight excluding hydrogens is 319 g/mol. The molecule has 0 radical (unpaired) electrons. The van der Waals surface area contributed by atoms with Crippen LogP contribution in [-0.2, 0) is 6.54 Å². The molecule has 0 amide bonds. The topological polar surface area (TPSA) is 62.5 Å². The molecule has 0 N–H and O–H groups in total. The number of nitro groups is 1. The van der Waals surface area contributed by atoms with Crippen LogP contribution >= 0.6 is 11.3 Å². The molecule has 1 aliphatic heterocycles. The maximum absolute atomic E-state index is 13.3. The first-order valence-corrected chi connectivity index (χ1v) is 8.36. The molecule has 3 rings (SSSR count). The summed E-state index contributed by atoms with van der Waals surface area (Å²) < 4.78 is 13.3. The second-order valence-electron chi connectivity index (χ2n) is 5.49. The third kappa shape index (κ3) is 3.83. The quantitative estimate of drug-likeness (QED) is 0.634. The van der Waals surface area contributed by atoms with Gasteiger partial charge in [0.05, 0.1) is 22.2 Å². The summed E-state index contributed by atoms with van der Waals surface area (Å²) in [6.07, 6.45) is 0.901. The zero-order chi connectivity index (χ0) is 16.2. The van der Waals surface area contributed by atoms with E-state index in [4.69, 9.17) is 0 Å². The van der Waals surface area contributed by atoms with Gasteiger partial charge >= 0.3 is 0 Å². The normalized spacial score (nSPS) is 16.3. The largest absolute Gasteiger partial charge is 0.365 e. The molecule has 0 unspecified atom stereocenters. The third-order valence-corrected chi connectivity index (χ3v) is 4.57. The average molecular weight is 336 g/mol. The lowest BCUT2D eigenvalue weighted by Crippen LogP contribution is -2.30. The summed E-state index contributed by atoms with van der Waals surface area (Å²) in [5.74, 6) is -0.583. The van der Waals surface area contributed by atoms with E-state index in [1.54, 1.807) is 11.3 Å². The Morgan fingerprint density at radius 3 is 2.91 bits per heavy atom. The number of hydrogen-bond acceptors (Lipinski definition) is 6. The minimum absolute atomic E-state index is 0.169. The molecule has 0 spiro atoms. The van der Waals surface area contributed by atoms with Crippen LogP contribution in [0.25, 0.3) is 0 Å². The molecule has 0 aliphatic carbocycles. The molecule has 0 atom stereocenters. The minimum atomic E-state index is -0.583. The van der Waals surface area contributed by atoms with E-state index in [9.17, 15) is 14.5 Å². The molecule has 1 fully saturated rings. The van der Waals surface area contributed by atoms with Crippen LogP contribution in [0.5, 0.6) is 0 Å². The van der Waals surface area contributed by atoms with Gasteiger partial charge in [0.15, 0.2) is 0 Å². The van der Waals surface area contributed by atoms with Crippen molar-refractivity contribution < 1.29 is 9.31 Å². The van der Waals surface area contributed by atoms with Crippen molar-refractivity contribution in [3.8, 4) is 0 Å². The Balaban J connectivity index is 1.72. The summed E-state index contributed by atoms with van der Waals surface area (Å²) in [5.41, 5.74) is 3.20. The number of aromatic nitrogens is 1. The van der Waals surface area contributed by atoms with E-state index in [0.717, 1.165) is 44.4 Å². The van der Waals surface area contributed by atoms with Gasteiger partial charge in [0.1, 0.15) is 11.5 Å². The van der Waals surface area contributed by atoms with Gasteiger partial charge in [0.2, 0.25) is 0 Å². The highest BCUT2D eigenvalue weighted by molar-refractivity contribution is 7.07. The van der Waals surface area contributed by atoms with Gasteiger partial charge in [-0.05, 0) is 18.6 Å². The van der Waals surface area contributed by atoms with Crippen LogP contribution in [0.2, 0.25) is 0 Å². The minimum Gasteiger partial charge on any atom is -0.365 e. The van der Waals surface area contributed by atoms with Crippen molar-refractivity contribution in [2.75, 3.05) is 31.1 Å². The summed E-state index contributed by atoms with van der Waals surface area (Å²) in [7, 11) is 0. The van der Waals surface area contributed by atoms with Gasteiger partial charge in [-0.2, -0.15) is 0 Å². The van der Waals surface area contributed by atoms with Crippen LogP contribution in [0.15, 0.2) is 29.1 Å². The van der Waals surface area contributed by atoms with Crippen LogP contribution in [-0.4, -0.2) is 41.0 Å². The van der Waals surface area contributed by atoms with Crippen molar-refractivity contribution in [2.24, 2.45) is 0 Å². The zero-order valence-corrected chi connectivity index (χ0v) is 13.3. The number of benzene rings is 1. The van der Waals surface area contributed by atoms with Crippen molar-refractivity contribution in [3.63, 3.8) is 0 Å². The molecule has 6 nitrogen and oxygen atoms in total. The standard InChI is InChI=1S/C15H17FN4O2S/c16-12-2-3-14(15(8-12)20(21)22)19-5-1-4-18(6-7-19)9-13-10-23-11-17-13/h2-3,8,10-11H,1,4-7,9H2. The average Bonchev–Trinajstić information content (AvgIpc) is 2.92. The molecule has 1 aromatic carbocycles. The Kier molecular flexibility index (Phi) is 4.82. The van der Waals surface area contributed by atoms with Gasteiger partial charge in [-0.3, -0.25) is 15.0 Å². The number of halogens is 1. The molecular formula is C15H17FN4O2S.